The summed E-state index contributed by atoms with van der Waals surface area (Å²) in [5.74, 6) is -0.245. The molecule has 2 aromatic heterocycles. The Morgan fingerprint density at radius 3 is 3.07 bits per heavy atom. The maximum absolute atomic E-state index is 12.8. The van der Waals surface area contributed by atoms with Crippen LogP contribution >= 0.6 is 0 Å². The molecule has 0 aliphatic rings. The average Bonchev–Trinajstić information content (AvgIpc) is 2.56. The van der Waals surface area contributed by atoms with Crippen LogP contribution in [0.15, 0.2) is 24.5 Å². The molecule has 0 aliphatic heterocycles. The Labute approximate surface area is 81.6 Å². The number of aromatic nitrogens is 2. The Kier molecular flexibility index (Phi) is 2.45. The molecule has 0 amide bonds. The van der Waals surface area contributed by atoms with Crippen molar-refractivity contribution < 1.29 is 4.39 Å². The van der Waals surface area contributed by atoms with Gasteiger partial charge in [-0.05, 0) is 18.7 Å². The number of nitrogens with zero attached hydrogens (tertiary/aromatic N) is 2. The number of hydrogen-bond donors (Lipinski definition) is 1. The summed E-state index contributed by atoms with van der Waals surface area (Å²) in [5.41, 5.74) is 1.71. The van der Waals surface area contributed by atoms with Gasteiger partial charge in [0.1, 0.15) is 11.5 Å². The molecule has 0 bridgehead atoms. The Bertz CT molecular complexity index is 436. The van der Waals surface area contributed by atoms with Gasteiger partial charge < -0.3 is 9.72 Å². The molecular weight excluding hydrogens is 181 g/mol. The highest BCUT2D eigenvalue weighted by atomic mass is 19.1. The van der Waals surface area contributed by atoms with Crippen molar-refractivity contribution in [1.29, 1.82) is 0 Å². The molecule has 0 aromatic carbocycles. The van der Waals surface area contributed by atoms with Gasteiger partial charge in [-0.25, -0.2) is 9.37 Å². The van der Waals surface area contributed by atoms with E-state index in [1.165, 1.54) is 12.3 Å². The Morgan fingerprint density at radius 2 is 2.29 bits per heavy atom. The maximum atomic E-state index is 12.8. The lowest BCUT2D eigenvalue weighted by molar-refractivity contribution is 0.619. The minimum atomic E-state index is -0.245. The van der Waals surface area contributed by atoms with Gasteiger partial charge in [-0.2, -0.15) is 0 Å². The summed E-state index contributed by atoms with van der Waals surface area (Å²) in [6.07, 6.45) is 3.26. The van der Waals surface area contributed by atoms with Crippen LogP contribution in [0.25, 0.3) is 5.65 Å². The van der Waals surface area contributed by atoms with Gasteiger partial charge in [0.25, 0.3) is 0 Å². The van der Waals surface area contributed by atoms with Crippen LogP contribution in [0, 0.1) is 5.82 Å². The molecule has 0 saturated carbocycles. The van der Waals surface area contributed by atoms with Crippen molar-refractivity contribution in [1.82, 2.24) is 14.7 Å². The molecule has 2 heterocycles. The van der Waals surface area contributed by atoms with E-state index < -0.39 is 0 Å². The quantitative estimate of drug-likeness (QED) is 0.802. The summed E-state index contributed by atoms with van der Waals surface area (Å²) in [7, 11) is 0. The van der Waals surface area contributed by atoms with Crippen LogP contribution in [0.4, 0.5) is 4.39 Å². The van der Waals surface area contributed by atoms with Gasteiger partial charge in [0.2, 0.25) is 0 Å². The molecule has 2 aromatic rings. The van der Waals surface area contributed by atoms with Crippen molar-refractivity contribution in [3.05, 3.63) is 36.0 Å². The van der Waals surface area contributed by atoms with E-state index in [9.17, 15) is 4.39 Å². The summed E-state index contributed by atoms with van der Waals surface area (Å²) in [5, 5.41) is 3.17. The average molecular weight is 193 g/mol. The second-order valence-corrected chi connectivity index (χ2v) is 3.13. The first-order valence-electron chi connectivity index (χ1n) is 4.63. The van der Waals surface area contributed by atoms with Crippen molar-refractivity contribution in [3.63, 3.8) is 0 Å². The zero-order valence-corrected chi connectivity index (χ0v) is 8.00. The number of fused-ring (bicyclic) bond motifs is 1. The van der Waals surface area contributed by atoms with Crippen LogP contribution < -0.4 is 5.32 Å². The van der Waals surface area contributed by atoms with Crippen LogP contribution in [0.1, 0.15) is 12.6 Å². The van der Waals surface area contributed by atoms with E-state index in [2.05, 4.69) is 10.3 Å². The topological polar surface area (TPSA) is 29.3 Å². The van der Waals surface area contributed by atoms with Gasteiger partial charge in [-0.3, -0.25) is 0 Å². The van der Waals surface area contributed by atoms with Gasteiger partial charge >= 0.3 is 0 Å². The number of rotatable bonds is 3. The van der Waals surface area contributed by atoms with Gasteiger partial charge in [-0.15, -0.1) is 0 Å². The molecule has 0 fully saturated rings. The number of halogens is 1. The lowest BCUT2D eigenvalue weighted by atomic mass is 10.4. The minimum absolute atomic E-state index is 0.245. The molecule has 2 rings (SSSR count). The molecular formula is C10H12FN3. The van der Waals surface area contributed by atoms with Crippen molar-refractivity contribution in [3.8, 4) is 0 Å². The largest absolute Gasteiger partial charge is 0.311 e. The van der Waals surface area contributed by atoms with E-state index in [0.29, 0.717) is 0 Å². The van der Waals surface area contributed by atoms with Crippen molar-refractivity contribution in [2.45, 2.75) is 13.5 Å². The van der Waals surface area contributed by atoms with Crippen LogP contribution in [-0.4, -0.2) is 15.9 Å². The fraction of sp³-hybridized carbons (Fsp3) is 0.300. The Hall–Kier alpha value is -1.42. The number of nitrogens with one attached hydrogen (secondary N) is 1. The molecule has 1 N–H and O–H groups in total. The zero-order valence-electron chi connectivity index (χ0n) is 8.00. The van der Waals surface area contributed by atoms with E-state index in [1.54, 1.807) is 10.5 Å². The molecule has 0 unspecified atom stereocenters. The SMILES string of the molecule is CCNCc1cn2cc(F)ccc2n1. The lowest BCUT2D eigenvalue weighted by Crippen LogP contribution is -2.11. The van der Waals surface area contributed by atoms with Crippen LogP contribution in [0.5, 0.6) is 0 Å². The fourth-order valence-electron chi connectivity index (χ4n) is 1.36. The first-order chi connectivity index (χ1) is 6.79. The lowest BCUT2D eigenvalue weighted by Gasteiger charge is -1.94. The third kappa shape index (κ3) is 1.75. The third-order valence-electron chi connectivity index (χ3n) is 2.02. The fourth-order valence-corrected chi connectivity index (χ4v) is 1.36. The molecule has 14 heavy (non-hydrogen) atoms. The van der Waals surface area contributed by atoms with Crippen molar-refractivity contribution in [2.75, 3.05) is 6.54 Å². The molecule has 3 nitrogen and oxygen atoms in total. The maximum Gasteiger partial charge on any atom is 0.139 e. The van der Waals surface area contributed by atoms with Crippen LogP contribution in [-0.2, 0) is 6.54 Å². The van der Waals surface area contributed by atoms with E-state index in [0.717, 1.165) is 24.4 Å². The van der Waals surface area contributed by atoms with Gasteiger partial charge in [0, 0.05) is 18.9 Å². The highest BCUT2D eigenvalue weighted by Gasteiger charge is 2.00. The first kappa shape index (κ1) is 9.15. The molecule has 0 saturated heterocycles. The molecule has 74 valence electrons. The van der Waals surface area contributed by atoms with Gasteiger partial charge in [0.15, 0.2) is 0 Å². The van der Waals surface area contributed by atoms with Crippen LogP contribution in [0.2, 0.25) is 0 Å². The van der Waals surface area contributed by atoms with Crippen LogP contribution in [0.3, 0.4) is 0 Å². The summed E-state index contributed by atoms with van der Waals surface area (Å²) >= 11 is 0. The first-order valence-corrected chi connectivity index (χ1v) is 4.63. The normalized spacial score (nSPS) is 11.0. The molecule has 4 heteroatoms. The minimum Gasteiger partial charge on any atom is -0.311 e. The summed E-state index contributed by atoms with van der Waals surface area (Å²) in [6.45, 7) is 3.66. The van der Waals surface area contributed by atoms with E-state index in [-0.39, 0.29) is 5.82 Å². The summed E-state index contributed by atoms with van der Waals surface area (Å²) < 4.78 is 14.5. The predicted molar refractivity (Wildman–Crippen MR) is 52.5 cm³/mol. The van der Waals surface area contributed by atoms with Gasteiger partial charge in [0.05, 0.1) is 5.69 Å². The van der Waals surface area contributed by atoms with E-state index in [4.69, 9.17) is 0 Å². The molecule has 0 atom stereocenters. The Balaban J connectivity index is 2.32. The number of pyridine rings is 1. The second kappa shape index (κ2) is 3.75. The highest BCUT2D eigenvalue weighted by Crippen LogP contribution is 2.06. The Morgan fingerprint density at radius 1 is 1.43 bits per heavy atom. The summed E-state index contributed by atoms with van der Waals surface area (Å²) in [6, 6.07) is 3.09. The zero-order chi connectivity index (χ0) is 9.97. The number of imidazole rings is 1. The summed E-state index contributed by atoms with van der Waals surface area (Å²) in [4.78, 5) is 4.33. The second-order valence-electron chi connectivity index (χ2n) is 3.13. The highest BCUT2D eigenvalue weighted by molar-refractivity contribution is 5.39. The van der Waals surface area contributed by atoms with Crippen molar-refractivity contribution >= 4 is 5.65 Å². The number of hydrogen-bond acceptors (Lipinski definition) is 2. The molecule has 0 radical (unpaired) electrons. The third-order valence-corrected chi connectivity index (χ3v) is 2.02. The molecule has 0 spiro atoms. The standard InChI is InChI=1S/C10H12FN3/c1-2-12-5-9-7-14-6-8(11)3-4-10(14)13-9/h3-4,6-7,12H,2,5H2,1H3. The van der Waals surface area contributed by atoms with E-state index >= 15 is 0 Å². The molecule has 0 aliphatic carbocycles. The predicted octanol–water partition coefficient (Wildman–Crippen LogP) is 1.58. The van der Waals surface area contributed by atoms with Gasteiger partial charge in [-0.1, -0.05) is 6.92 Å². The van der Waals surface area contributed by atoms with E-state index in [1.807, 2.05) is 13.1 Å². The monoisotopic (exact) mass is 193 g/mol. The van der Waals surface area contributed by atoms with Crippen molar-refractivity contribution in [2.24, 2.45) is 0 Å². The smallest absolute Gasteiger partial charge is 0.139 e.